The van der Waals surface area contributed by atoms with Crippen LogP contribution in [0.15, 0.2) is 0 Å². The minimum atomic E-state index is -4.17. The molecule has 1 saturated carbocycles. The third kappa shape index (κ3) is 1.33. The van der Waals surface area contributed by atoms with Crippen LogP contribution in [0.4, 0.5) is 0 Å². The summed E-state index contributed by atoms with van der Waals surface area (Å²) in [5.74, 6) is 0. The summed E-state index contributed by atoms with van der Waals surface area (Å²) >= 11 is 0. The van der Waals surface area contributed by atoms with Crippen molar-refractivity contribution < 1.29 is 38.9 Å². The lowest BCUT2D eigenvalue weighted by molar-refractivity contribution is -0.223. The maximum absolute atomic E-state index is 9.37. The van der Waals surface area contributed by atoms with Crippen molar-refractivity contribution >= 4 is 0 Å². The zero-order chi connectivity index (χ0) is 15.0. The Balaban J connectivity index is 3.72. The Labute approximate surface area is 76.8 Å². The average molecular weight is 186 g/mol. The molecule has 0 atom stereocenters. The zero-order valence-electron chi connectivity index (χ0n) is 11.7. The van der Waals surface area contributed by atoms with E-state index in [4.69, 9.17) is 8.22 Å². The van der Waals surface area contributed by atoms with Crippen LogP contribution in [0.1, 0.15) is 8.22 Å². The summed E-state index contributed by atoms with van der Waals surface area (Å²) in [7, 11) is 0. The first-order valence-corrected chi connectivity index (χ1v) is 2.84. The molecule has 1 rings (SSSR count). The van der Waals surface area contributed by atoms with E-state index in [1.165, 1.54) is 0 Å². The minimum Gasteiger partial charge on any atom is -0.387 e. The fourth-order valence-electron chi connectivity index (χ4n) is 0.673. The molecule has 6 N–H and O–H groups in total. The highest BCUT2D eigenvalue weighted by Crippen LogP contribution is 2.20. The van der Waals surface area contributed by atoms with Crippen molar-refractivity contribution in [3.63, 3.8) is 0 Å². The van der Waals surface area contributed by atoms with Gasteiger partial charge < -0.3 is 30.6 Å². The summed E-state index contributed by atoms with van der Waals surface area (Å²) in [5.41, 5.74) is 0. The molecule has 0 aromatic rings. The first-order chi connectivity index (χ1) is 7.50. The maximum atomic E-state index is 9.37. The van der Waals surface area contributed by atoms with Crippen LogP contribution in [-0.2, 0) is 0 Å². The van der Waals surface area contributed by atoms with Crippen molar-refractivity contribution in [2.75, 3.05) is 0 Å². The summed E-state index contributed by atoms with van der Waals surface area (Å²) in [6.45, 7) is 0. The third-order valence-electron chi connectivity index (χ3n) is 1.35. The molecular formula is C6H12O6. The van der Waals surface area contributed by atoms with Crippen molar-refractivity contribution in [3.8, 4) is 0 Å². The van der Waals surface area contributed by atoms with Gasteiger partial charge in [0.2, 0.25) is 0 Å². The van der Waals surface area contributed by atoms with E-state index < -0.39 is 36.5 Å². The summed E-state index contributed by atoms with van der Waals surface area (Å²) in [6, 6.07) is 0. The Morgan fingerprint density at radius 3 is 0.667 bits per heavy atom. The van der Waals surface area contributed by atoms with Gasteiger partial charge in [0.05, 0.1) is 8.22 Å². The Bertz CT molecular complexity index is 260. The van der Waals surface area contributed by atoms with E-state index in [0.717, 1.165) is 0 Å². The van der Waals surface area contributed by atoms with Crippen molar-refractivity contribution in [1.82, 2.24) is 0 Å². The zero-order valence-corrected chi connectivity index (χ0v) is 5.68. The molecule has 0 radical (unpaired) electrons. The Kier molecular flexibility index (Phi) is 1.17. The topological polar surface area (TPSA) is 121 Å². The predicted octanol–water partition coefficient (Wildman–Crippen LogP) is -3.83. The molecule has 6 nitrogen and oxygen atoms in total. The Hall–Kier alpha value is -0.240. The van der Waals surface area contributed by atoms with Gasteiger partial charge in [0.15, 0.2) is 0 Å². The lowest BCUT2D eigenvalue weighted by Gasteiger charge is -2.39. The molecule has 1 aliphatic carbocycles. The number of hydrogen-bond donors (Lipinski definition) is 6. The van der Waals surface area contributed by atoms with Gasteiger partial charge >= 0.3 is 0 Å². The van der Waals surface area contributed by atoms with E-state index in [1.807, 2.05) is 0 Å². The van der Waals surface area contributed by atoms with Crippen LogP contribution in [0.5, 0.6) is 0 Å². The molecule has 6 heteroatoms. The predicted molar refractivity (Wildman–Crippen MR) is 36.0 cm³/mol. The molecular weight excluding hydrogens is 168 g/mol. The number of rotatable bonds is 0. The van der Waals surface area contributed by atoms with Gasteiger partial charge in [0.25, 0.3) is 0 Å². The van der Waals surface area contributed by atoms with E-state index in [0.29, 0.717) is 0 Å². The van der Waals surface area contributed by atoms with Crippen LogP contribution in [0.2, 0.25) is 0 Å². The van der Waals surface area contributed by atoms with Crippen LogP contribution in [0.3, 0.4) is 0 Å². The number of aliphatic hydroxyl groups is 6. The second kappa shape index (κ2) is 3.25. The molecule has 0 bridgehead atoms. The smallest absolute Gasteiger partial charge is 0.111 e. The van der Waals surface area contributed by atoms with Gasteiger partial charge in [0, 0.05) is 0 Å². The summed E-state index contributed by atoms with van der Waals surface area (Å²) in [5, 5.41) is 56.2. The first-order valence-electron chi connectivity index (χ1n) is 5.84. The Morgan fingerprint density at radius 1 is 0.500 bits per heavy atom. The minimum absolute atomic E-state index is 4.17. The normalized spacial score (nSPS) is 99.5. The Morgan fingerprint density at radius 2 is 0.583 bits per heavy atom. The fourth-order valence-corrected chi connectivity index (χ4v) is 0.673. The van der Waals surface area contributed by atoms with Crippen LogP contribution in [0, 0.1) is 0 Å². The molecule has 0 aromatic carbocycles. The number of hydrogen-bond acceptors (Lipinski definition) is 6. The van der Waals surface area contributed by atoms with Gasteiger partial charge in [0.1, 0.15) is 36.5 Å². The van der Waals surface area contributed by atoms with E-state index >= 15 is 0 Å². The van der Waals surface area contributed by atoms with Crippen LogP contribution >= 0.6 is 0 Å². The van der Waals surface area contributed by atoms with Crippen molar-refractivity contribution in [1.29, 1.82) is 0 Å². The first kappa shape index (κ1) is 4.32. The molecule has 0 amide bonds. The van der Waals surface area contributed by atoms with E-state index in [9.17, 15) is 30.6 Å². The van der Waals surface area contributed by atoms with Gasteiger partial charge in [-0.25, -0.2) is 0 Å². The SMILES string of the molecule is [2H]C1(O)C([2H])(O)C([2H])(O)C([2H])(O)C([2H])(O)C1([2H])O. The molecule has 1 aliphatic rings. The van der Waals surface area contributed by atoms with Crippen molar-refractivity contribution in [2.45, 2.75) is 36.5 Å². The molecule has 72 valence electrons. The second-order valence-electron chi connectivity index (χ2n) is 2.09. The van der Waals surface area contributed by atoms with Gasteiger partial charge in [-0.3, -0.25) is 0 Å². The lowest BCUT2D eigenvalue weighted by Crippen LogP contribution is -2.63. The van der Waals surface area contributed by atoms with Gasteiger partial charge in [-0.15, -0.1) is 0 Å². The molecule has 0 heterocycles. The molecule has 0 unspecified atom stereocenters. The second-order valence-corrected chi connectivity index (χ2v) is 2.09. The van der Waals surface area contributed by atoms with Crippen LogP contribution in [-0.4, -0.2) is 67.1 Å². The standard InChI is InChI=1S/C6H12O6/c7-1-2(8)4(10)6(12)5(11)3(1)9/h1-12H/i1D,2D,3D,4D,5D,6D. The molecule has 1 fully saturated rings. The molecule has 0 spiro atoms. The van der Waals surface area contributed by atoms with E-state index in [-0.39, 0.29) is 0 Å². The molecule has 0 aromatic heterocycles. The van der Waals surface area contributed by atoms with Gasteiger partial charge in [-0.2, -0.15) is 0 Å². The molecule has 0 saturated heterocycles. The third-order valence-corrected chi connectivity index (χ3v) is 1.35. The molecule has 12 heavy (non-hydrogen) atoms. The van der Waals surface area contributed by atoms with E-state index in [2.05, 4.69) is 0 Å². The lowest BCUT2D eigenvalue weighted by atomic mass is 9.85. The molecule has 0 aliphatic heterocycles. The van der Waals surface area contributed by atoms with Crippen LogP contribution in [0.25, 0.3) is 0 Å². The summed E-state index contributed by atoms with van der Waals surface area (Å²) < 4.78 is 42.3. The quantitative estimate of drug-likeness (QED) is 0.230. The summed E-state index contributed by atoms with van der Waals surface area (Å²) in [6.07, 6.45) is -25.0. The van der Waals surface area contributed by atoms with Crippen molar-refractivity contribution in [3.05, 3.63) is 0 Å². The van der Waals surface area contributed by atoms with Crippen molar-refractivity contribution in [2.24, 2.45) is 0 Å². The van der Waals surface area contributed by atoms with Gasteiger partial charge in [-0.1, -0.05) is 0 Å². The van der Waals surface area contributed by atoms with Crippen LogP contribution < -0.4 is 0 Å². The fraction of sp³-hybridized carbons (Fsp3) is 1.00. The summed E-state index contributed by atoms with van der Waals surface area (Å²) in [4.78, 5) is 0. The largest absolute Gasteiger partial charge is 0.387 e. The highest BCUT2D eigenvalue weighted by atomic mass is 16.4. The van der Waals surface area contributed by atoms with Gasteiger partial charge in [-0.05, 0) is 0 Å². The highest BCUT2D eigenvalue weighted by Gasteiger charge is 2.47. The average Bonchev–Trinajstić information content (AvgIpc) is 2.14. The maximum Gasteiger partial charge on any atom is 0.111 e. The highest BCUT2D eigenvalue weighted by molar-refractivity contribution is 4.98. The monoisotopic (exact) mass is 186 g/mol. The van der Waals surface area contributed by atoms with E-state index in [1.54, 1.807) is 0 Å².